The van der Waals surface area contributed by atoms with Crippen LogP contribution >= 0.6 is 0 Å². The minimum Gasteiger partial charge on any atom is -0.508 e. The highest BCUT2D eigenvalue weighted by Gasteiger charge is 2.34. The van der Waals surface area contributed by atoms with Crippen LogP contribution in [0.4, 0.5) is 5.69 Å². The number of phenolic OH excluding ortho intramolecular Hbond substituents is 1. The van der Waals surface area contributed by atoms with Crippen LogP contribution in [0.25, 0.3) is 0 Å². The fraction of sp³-hybridized carbons (Fsp3) is 0.280. The second-order valence-electron chi connectivity index (χ2n) is 8.78. The Morgan fingerprint density at radius 2 is 1.44 bits per heavy atom. The van der Waals surface area contributed by atoms with E-state index in [4.69, 9.17) is 4.74 Å². The summed E-state index contributed by atoms with van der Waals surface area (Å²) in [6.45, 7) is 4.51. The van der Waals surface area contributed by atoms with Gasteiger partial charge in [0.15, 0.2) is 0 Å². The van der Waals surface area contributed by atoms with Crippen molar-refractivity contribution in [2.75, 3.05) is 22.8 Å². The van der Waals surface area contributed by atoms with Crippen molar-refractivity contribution in [2.24, 2.45) is 0 Å². The fourth-order valence-corrected chi connectivity index (χ4v) is 7.50. The van der Waals surface area contributed by atoms with Crippen molar-refractivity contribution in [3.05, 3.63) is 88.5 Å². The van der Waals surface area contributed by atoms with Crippen LogP contribution < -0.4 is 8.45 Å². The molecular formula is C25H27NO6S2. The van der Waals surface area contributed by atoms with Gasteiger partial charge < -0.3 is 9.84 Å². The lowest BCUT2D eigenvalue weighted by Crippen LogP contribution is -2.35. The summed E-state index contributed by atoms with van der Waals surface area (Å²) in [4.78, 5) is 0. The number of sulfonamides is 2. The largest absolute Gasteiger partial charge is 0.508 e. The van der Waals surface area contributed by atoms with Crippen molar-refractivity contribution in [1.29, 1.82) is 0 Å². The normalized spacial score (nSPS) is 18.1. The van der Waals surface area contributed by atoms with Crippen LogP contribution in [0.3, 0.4) is 0 Å². The molecule has 1 heterocycles. The van der Waals surface area contributed by atoms with Crippen LogP contribution in [-0.4, -0.2) is 41.1 Å². The maximum Gasteiger partial charge on any atom is 0.245 e. The first kappa shape index (κ1) is 24.1. The number of ether oxygens (including phenoxy) is 1. The fourth-order valence-electron chi connectivity index (χ4n) is 4.53. The van der Waals surface area contributed by atoms with E-state index < -0.39 is 20.0 Å². The SMILES string of the molecule is Cc1ccc(C2COc3cc(O)ccc3C2c2ccc(N(S(C)(=O)=O)S(C)(=O)=O)cc2)cc1C. The molecule has 2 unspecified atom stereocenters. The van der Waals surface area contributed by atoms with Crippen molar-refractivity contribution in [1.82, 2.24) is 0 Å². The highest BCUT2D eigenvalue weighted by atomic mass is 32.3. The van der Waals surface area contributed by atoms with Crippen LogP contribution in [0, 0.1) is 13.8 Å². The molecule has 4 rings (SSSR count). The van der Waals surface area contributed by atoms with Gasteiger partial charge in [-0.05, 0) is 54.3 Å². The minimum absolute atomic E-state index is 0.0388. The van der Waals surface area contributed by atoms with Gasteiger partial charge in [-0.2, -0.15) is 3.71 Å². The van der Waals surface area contributed by atoms with E-state index >= 15 is 0 Å². The van der Waals surface area contributed by atoms with Gasteiger partial charge >= 0.3 is 0 Å². The van der Waals surface area contributed by atoms with Gasteiger partial charge in [0.05, 0.1) is 24.8 Å². The summed E-state index contributed by atoms with van der Waals surface area (Å²) in [5, 5.41) is 9.95. The number of aryl methyl sites for hydroxylation is 2. The zero-order valence-electron chi connectivity index (χ0n) is 19.4. The van der Waals surface area contributed by atoms with Crippen molar-refractivity contribution in [2.45, 2.75) is 25.7 Å². The van der Waals surface area contributed by atoms with E-state index in [2.05, 4.69) is 32.0 Å². The zero-order chi connectivity index (χ0) is 24.8. The smallest absolute Gasteiger partial charge is 0.245 e. The molecule has 1 aliphatic heterocycles. The average Bonchev–Trinajstić information content (AvgIpc) is 2.73. The molecule has 9 heteroatoms. The van der Waals surface area contributed by atoms with E-state index in [0.717, 1.165) is 29.2 Å². The quantitative estimate of drug-likeness (QED) is 0.566. The molecule has 0 spiro atoms. The summed E-state index contributed by atoms with van der Waals surface area (Å²) in [5.41, 5.74) is 5.28. The van der Waals surface area contributed by atoms with Gasteiger partial charge in [-0.25, -0.2) is 16.8 Å². The second kappa shape index (κ2) is 8.63. The number of anilines is 1. The van der Waals surface area contributed by atoms with Gasteiger partial charge in [-0.3, -0.25) is 0 Å². The van der Waals surface area contributed by atoms with Gasteiger partial charge in [-0.1, -0.05) is 36.4 Å². The molecule has 0 bridgehead atoms. The number of hydrogen-bond donors (Lipinski definition) is 1. The summed E-state index contributed by atoms with van der Waals surface area (Å²) in [7, 11) is -8.06. The summed E-state index contributed by atoms with van der Waals surface area (Å²) in [5.74, 6) is 0.506. The number of fused-ring (bicyclic) bond motifs is 1. The Kier molecular flexibility index (Phi) is 6.12. The van der Waals surface area contributed by atoms with Crippen LogP contribution in [0.15, 0.2) is 60.7 Å². The van der Waals surface area contributed by atoms with Crippen LogP contribution in [0.1, 0.15) is 39.7 Å². The Balaban J connectivity index is 1.84. The van der Waals surface area contributed by atoms with E-state index in [1.807, 2.05) is 6.07 Å². The zero-order valence-corrected chi connectivity index (χ0v) is 21.0. The van der Waals surface area contributed by atoms with E-state index in [1.165, 1.54) is 23.3 Å². The van der Waals surface area contributed by atoms with E-state index in [0.29, 0.717) is 16.1 Å². The first-order valence-corrected chi connectivity index (χ1v) is 14.4. The molecule has 0 radical (unpaired) electrons. The Morgan fingerprint density at radius 3 is 2.03 bits per heavy atom. The first-order valence-electron chi connectivity index (χ1n) is 10.7. The molecule has 2 atom stereocenters. The summed E-state index contributed by atoms with van der Waals surface area (Å²) >= 11 is 0. The molecule has 34 heavy (non-hydrogen) atoms. The molecule has 180 valence electrons. The molecule has 0 aliphatic carbocycles. The van der Waals surface area contributed by atoms with Gasteiger partial charge in [-0.15, -0.1) is 0 Å². The highest BCUT2D eigenvalue weighted by Crippen LogP contribution is 2.47. The van der Waals surface area contributed by atoms with E-state index in [-0.39, 0.29) is 23.3 Å². The van der Waals surface area contributed by atoms with E-state index in [9.17, 15) is 21.9 Å². The summed E-state index contributed by atoms with van der Waals surface area (Å²) in [6.07, 6.45) is 1.72. The average molecular weight is 502 g/mol. The summed E-state index contributed by atoms with van der Waals surface area (Å²) < 4.78 is 55.1. The molecular weight excluding hydrogens is 474 g/mol. The Labute approximate surface area is 200 Å². The molecule has 0 aromatic heterocycles. The Morgan fingerprint density at radius 1 is 0.824 bits per heavy atom. The van der Waals surface area contributed by atoms with Crippen LogP contribution in [-0.2, 0) is 20.0 Å². The predicted molar refractivity (Wildman–Crippen MR) is 133 cm³/mol. The third-order valence-corrected chi connectivity index (χ3v) is 9.43. The lowest BCUT2D eigenvalue weighted by atomic mass is 9.75. The van der Waals surface area contributed by atoms with Crippen molar-refractivity contribution >= 4 is 25.7 Å². The third-order valence-electron chi connectivity index (χ3n) is 6.18. The molecule has 0 saturated carbocycles. The standard InChI is InChI=1S/C25H27NO6S2/c1-16-5-6-19(13-17(16)2)23-15-32-24-14-21(27)11-12-22(24)25(23)18-7-9-20(10-8-18)26(33(3,28)29)34(4,30)31/h5-14,23,25,27H,15H2,1-4H3. The van der Waals surface area contributed by atoms with Crippen LogP contribution in [0.2, 0.25) is 0 Å². The highest BCUT2D eigenvalue weighted by molar-refractivity contribution is 8.09. The Hall–Kier alpha value is -3.04. The van der Waals surface area contributed by atoms with Gasteiger partial charge in [0.1, 0.15) is 11.5 Å². The maximum atomic E-state index is 12.2. The molecule has 0 fully saturated rings. The molecule has 7 nitrogen and oxygen atoms in total. The van der Waals surface area contributed by atoms with Gasteiger partial charge in [0.2, 0.25) is 20.0 Å². The van der Waals surface area contributed by atoms with Crippen molar-refractivity contribution in [3.8, 4) is 11.5 Å². The lowest BCUT2D eigenvalue weighted by molar-refractivity contribution is 0.247. The maximum absolute atomic E-state index is 12.2. The number of nitrogens with zero attached hydrogens (tertiary/aromatic N) is 1. The van der Waals surface area contributed by atoms with Gasteiger partial charge in [0, 0.05) is 23.5 Å². The topological polar surface area (TPSA) is 101 Å². The minimum atomic E-state index is -4.03. The number of hydrogen-bond acceptors (Lipinski definition) is 6. The number of benzene rings is 3. The van der Waals surface area contributed by atoms with Crippen molar-refractivity contribution < 1.29 is 26.7 Å². The van der Waals surface area contributed by atoms with Gasteiger partial charge in [0.25, 0.3) is 0 Å². The second-order valence-corrected chi connectivity index (χ2v) is 12.7. The van der Waals surface area contributed by atoms with E-state index in [1.54, 1.807) is 24.3 Å². The monoisotopic (exact) mass is 501 g/mol. The van der Waals surface area contributed by atoms with Crippen molar-refractivity contribution in [3.63, 3.8) is 0 Å². The number of rotatable bonds is 5. The molecule has 1 N–H and O–H groups in total. The predicted octanol–water partition coefficient (Wildman–Crippen LogP) is 4.04. The molecule has 0 saturated heterocycles. The Bertz CT molecular complexity index is 1420. The number of aromatic hydroxyl groups is 1. The third kappa shape index (κ3) is 4.63. The number of phenols is 1. The lowest BCUT2D eigenvalue weighted by Gasteiger charge is -2.35. The summed E-state index contributed by atoms with van der Waals surface area (Å²) in [6, 6.07) is 17.8. The van der Waals surface area contributed by atoms with Crippen LogP contribution in [0.5, 0.6) is 11.5 Å². The molecule has 1 aliphatic rings. The molecule has 3 aromatic rings. The first-order chi connectivity index (χ1) is 15.9. The molecule has 3 aromatic carbocycles. The molecule has 0 amide bonds.